The Labute approximate surface area is 163 Å². The van der Waals surface area contributed by atoms with Crippen LogP contribution in [0.15, 0.2) is 47.5 Å². The molecule has 7 nitrogen and oxygen atoms in total. The lowest BCUT2D eigenvalue weighted by Gasteiger charge is -2.05. The second-order valence-corrected chi connectivity index (χ2v) is 6.61. The molecule has 3 rings (SSSR count). The number of thiazole rings is 1. The molecule has 0 spiro atoms. The zero-order chi connectivity index (χ0) is 20.1. The highest BCUT2D eigenvalue weighted by atomic mass is 32.1. The molecule has 1 heterocycles. The molecule has 0 fully saturated rings. The summed E-state index contributed by atoms with van der Waals surface area (Å²) in [6.45, 7) is -0.542. The van der Waals surface area contributed by atoms with E-state index >= 15 is 0 Å². The van der Waals surface area contributed by atoms with E-state index in [1.165, 1.54) is 36.6 Å². The largest absolute Gasteiger partial charge is 0.497 e. The van der Waals surface area contributed by atoms with Gasteiger partial charge < -0.3 is 18.8 Å². The fourth-order valence-corrected chi connectivity index (χ4v) is 3.53. The van der Waals surface area contributed by atoms with Gasteiger partial charge >= 0.3 is 5.97 Å². The van der Waals surface area contributed by atoms with Crippen LogP contribution in [0.3, 0.4) is 0 Å². The number of rotatable bonds is 6. The van der Waals surface area contributed by atoms with Crippen LogP contribution in [-0.4, -0.2) is 37.3 Å². The average Bonchev–Trinajstić information content (AvgIpc) is 3.03. The first-order valence-corrected chi connectivity index (χ1v) is 9.02. The summed E-state index contributed by atoms with van der Waals surface area (Å²) >= 11 is 1.22. The topological polar surface area (TPSA) is 79.1 Å². The summed E-state index contributed by atoms with van der Waals surface area (Å²) in [5.41, 5.74) is 0.706. The predicted molar refractivity (Wildman–Crippen MR) is 101 cm³/mol. The summed E-state index contributed by atoms with van der Waals surface area (Å²) in [6, 6.07) is 11.1. The molecule has 0 aliphatic heterocycles. The summed E-state index contributed by atoms with van der Waals surface area (Å²) in [5.74, 6) is -1.05. The number of para-hydroxylation sites is 1. The Morgan fingerprint density at radius 3 is 2.68 bits per heavy atom. The number of benzene rings is 2. The minimum absolute atomic E-state index is 0.0328. The minimum Gasteiger partial charge on any atom is -0.497 e. The normalized spacial score (nSPS) is 11.5. The van der Waals surface area contributed by atoms with Crippen molar-refractivity contribution in [2.24, 2.45) is 4.99 Å². The average molecular weight is 404 g/mol. The van der Waals surface area contributed by atoms with Gasteiger partial charge in [0, 0.05) is 0 Å². The smallest absolute Gasteiger partial charge is 0.325 e. The van der Waals surface area contributed by atoms with Gasteiger partial charge in [0.25, 0.3) is 5.91 Å². The summed E-state index contributed by atoms with van der Waals surface area (Å²) in [4.78, 5) is 28.4. The molecule has 1 amide bonds. The highest BCUT2D eigenvalue weighted by Crippen LogP contribution is 2.23. The molecule has 2 aromatic carbocycles. The summed E-state index contributed by atoms with van der Waals surface area (Å²) in [5, 5.41) is 0. The van der Waals surface area contributed by atoms with Crippen molar-refractivity contribution in [1.82, 2.24) is 4.57 Å². The first kappa shape index (κ1) is 19.6. The predicted octanol–water partition coefficient (Wildman–Crippen LogP) is 2.53. The molecule has 28 heavy (non-hydrogen) atoms. The molecule has 0 atom stereocenters. The maximum Gasteiger partial charge on any atom is 0.325 e. The molecule has 1 aromatic heterocycles. The van der Waals surface area contributed by atoms with Gasteiger partial charge in [-0.2, -0.15) is 4.99 Å². The van der Waals surface area contributed by atoms with Crippen molar-refractivity contribution in [1.29, 1.82) is 0 Å². The van der Waals surface area contributed by atoms with Crippen LogP contribution in [0.5, 0.6) is 11.5 Å². The second-order valence-electron chi connectivity index (χ2n) is 5.61. The van der Waals surface area contributed by atoms with Gasteiger partial charge in [0.05, 0.1) is 24.4 Å². The van der Waals surface area contributed by atoms with Crippen LogP contribution in [-0.2, 0) is 20.9 Å². The van der Waals surface area contributed by atoms with Gasteiger partial charge in [-0.15, -0.1) is 0 Å². The van der Waals surface area contributed by atoms with Crippen molar-refractivity contribution >= 4 is 33.4 Å². The van der Waals surface area contributed by atoms with Crippen LogP contribution in [0.1, 0.15) is 0 Å². The molecular formula is C19H17FN2O5S. The fraction of sp³-hybridized carbons (Fsp3) is 0.211. The third kappa shape index (κ3) is 4.37. The highest BCUT2D eigenvalue weighted by Gasteiger charge is 2.13. The first-order chi connectivity index (χ1) is 13.5. The van der Waals surface area contributed by atoms with Gasteiger partial charge in [0.15, 0.2) is 23.0 Å². The van der Waals surface area contributed by atoms with Crippen molar-refractivity contribution in [3.63, 3.8) is 0 Å². The molecule has 0 radical (unpaired) electrons. The molecule has 146 valence electrons. The van der Waals surface area contributed by atoms with Crippen molar-refractivity contribution in [3.05, 3.63) is 53.1 Å². The number of carbonyl (C=O) groups excluding carboxylic acids is 2. The Kier molecular flexibility index (Phi) is 6.05. The Balaban J connectivity index is 1.92. The van der Waals surface area contributed by atoms with Crippen LogP contribution >= 0.6 is 11.3 Å². The SMILES string of the molecule is COC(=O)Cn1c(=NC(=O)COc2ccccc2F)sc2cc(OC)ccc21. The van der Waals surface area contributed by atoms with E-state index in [0.29, 0.717) is 16.1 Å². The van der Waals surface area contributed by atoms with Gasteiger partial charge in [-0.1, -0.05) is 23.5 Å². The standard InChI is InChI=1S/C19H17FN2O5S/c1-25-12-7-8-14-16(9-12)28-19(22(14)10-18(24)26-2)21-17(23)11-27-15-6-4-3-5-13(15)20/h3-9H,10-11H2,1-2H3. The summed E-state index contributed by atoms with van der Waals surface area (Å²) < 4.78 is 31.1. The molecular weight excluding hydrogens is 387 g/mol. The van der Waals surface area contributed by atoms with Crippen molar-refractivity contribution in [3.8, 4) is 11.5 Å². The van der Waals surface area contributed by atoms with E-state index in [4.69, 9.17) is 14.2 Å². The third-order valence-corrected chi connectivity index (χ3v) is 4.85. The summed E-state index contributed by atoms with van der Waals surface area (Å²) in [7, 11) is 2.83. The number of fused-ring (bicyclic) bond motifs is 1. The monoisotopic (exact) mass is 404 g/mol. The fourth-order valence-electron chi connectivity index (χ4n) is 2.45. The quantitative estimate of drug-likeness (QED) is 0.590. The van der Waals surface area contributed by atoms with E-state index in [1.807, 2.05) is 0 Å². The number of aromatic nitrogens is 1. The van der Waals surface area contributed by atoms with Crippen molar-refractivity contribution < 1.29 is 28.2 Å². The number of ether oxygens (including phenoxy) is 3. The number of halogens is 1. The molecule has 9 heteroatoms. The van der Waals surface area contributed by atoms with E-state index in [9.17, 15) is 14.0 Å². The maximum absolute atomic E-state index is 13.6. The molecule has 0 unspecified atom stereocenters. The lowest BCUT2D eigenvalue weighted by molar-refractivity contribution is -0.141. The van der Waals surface area contributed by atoms with Crippen molar-refractivity contribution in [2.75, 3.05) is 20.8 Å². The van der Waals surface area contributed by atoms with E-state index in [-0.39, 0.29) is 12.3 Å². The minimum atomic E-state index is -0.611. The van der Waals surface area contributed by atoms with Crippen molar-refractivity contribution in [2.45, 2.75) is 6.54 Å². The Hall–Kier alpha value is -3.20. The number of hydrogen-bond acceptors (Lipinski definition) is 6. The number of carbonyl (C=O) groups is 2. The molecule has 0 bridgehead atoms. The van der Waals surface area contributed by atoms with E-state index in [0.717, 1.165) is 4.70 Å². The molecule has 0 aliphatic carbocycles. The number of hydrogen-bond donors (Lipinski definition) is 0. The molecule has 0 N–H and O–H groups in total. The first-order valence-electron chi connectivity index (χ1n) is 8.21. The number of methoxy groups -OCH3 is 2. The van der Waals surface area contributed by atoms with Gasteiger partial charge in [-0.05, 0) is 30.3 Å². The van der Waals surface area contributed by atoms with Crippen LogP contribution in [0.25, 0.3) is 10.2 Å². The molecule has 0 saturated carbocycles. The van der Waals surface area contributed by atoms with Crippen LogP contribution in [0.4, 0.5) is 4.39 Å². The zero-order valence-corrected chi connectivity index (χ0v) is 16.0. The zero-order valence-electron chi connectivity index (χ0n) is 15.2. The van der Waals surface area contributed by atoms with Gasteiger partial charge in [0.2, 0.25) is 0 Å². The van der Waals surface area contributed by atoms with Gasteiger partial charge in [-0.3, -0.25) is 9.59 Å². The van der Waals surface area contributed by atoms with E-state index in [2.05, 4.69) is 4.99 Å². The third-order valence-electron chi connectivity index (χ3n) is 3.81. The van der Waals surface area contributed by atoms with Crippen LogP contribution in [0, 0.1) is 5.82 Å². The maximum atomic E-state index is 13.6. The molecule has 3 aromatic rings. The van der Waals surface area contributed by atoms with Gasteiger partial charge in [0.1, 0.15) is 12.3 Å². The van der Waals surface area contributed by atoms with E-state index < -0.39 is 24.3 Å². The molecule has 0 aliphatic rings. The number of amides is 1. The lowest BCUT2D eigenvalue weighted by Crippen LogP contribution is -2.23. The Morgan fingerprint density at radius 2 is 1.96 bits per heavy atom. The Bertz CT molecular complexity index is 1090. The second kappa shape index (κ2) is 8.66. The van der Waals surface area contributed by atoms with Crippen LogP contribution < -0.4 is 14.3 Å². The summed E-state index contributed by atoms with van der Waals surface area (Å²) in [6.07, 6.45) is 0. The number of esters is 1. The highest BCUT2D eigenvalue weighted by molar-refractivity contribution is 7.16. The van der Waals surface area contributed by atoms with Gasteiger partial charge in [-0.25, -0.2) is 4.39 Å². The number of nitrogens with zero attached hydrogens (tertiary/aromatic N) is 2. The Morgan fingerprint density at radius 1 is 1.18 bits per heavy atom. The molecule has 0 saturated heterocycles. The lowest BCUT2D eigenvalue weighted by atomic mass is 10.3. The van der Waals surface area contributed by atoms with Crippen LogP contribution in [0.2, 0.25) is 0 Å². The van der Waals surface area contributed by atoms with E-state index in [1.54, 1.807) is 35.9 Å².